The van der Waals surface area contributed by atoms with Crippen molar-refractivity contribution in [1.29, 1.82) is 0 Å². The molecule has 3 heteroatoms. The van der Waals surface area contributed by atoms with Gasteiger partial charge in [-0.05, 0) is 30.5 Å². The molecule has 88 valence electrons. The van der Waals surface area contributed by atoms with Crippen molar-refractivity contribution in [3.05, 3.63) is 23.9 Å². The topological polar surface area (TPSA) is 36.4 Å². The second-order valence-electron chi connectivity index (χ2n) is 4.44. The predicted octanol–water partition coefficient (Wildman–Crippen LogP) is 2.34. The Labute approximate surface area is 97.1 Å². The molecule has 0 unspecified atom stereocenters. The third kappa shape index (κ3) is 2.95. The summed E-state index contributed by atoms with van der Waals surface area (Å²) < 4.78 is 0. The van der Waals surface area contributed by atoms with Gasteiger partial charge in [-0.3, -0.25) is 0 Å². The van der Waals surface area contributed by atoms with E-state index in [9.17, 15) is 0 Å². The van der Waals surface area contributed by atoms with E-state index >= 15 is 0 Å². The summed E-state index contributed by atoms with van der Waals surface area (Å²) in [5.74, 6) is 1.02. The van der Waals surface area contributed by atoms with Gasteiger partial charge in [0, 0.05) is 19.3 Å². The van der Waals surface area contributed by atoms with E-state index in [1.807, 2.05) is 12.1 Å². The molecule has 1 N–H and O–H groups in total. The number of rotatable bonds is 2. The Kier molecular flexibility index (Phi) is 4.17. The van der Waals surface area contributed by atoms with Crippen LogP contribution < -0.4 is 4.90 Å². The molecule has 2 rings (SSSR count). The Morgan fingerprint density at radius 2 is 1.81 bits per heavy atom. The van der Waals surface area contributed by atoms with Crippen LogP contribution >= 0.6 is 0 Å². The highest BCUT2D eigenvalue weighted by atomic mass is 16.3. The van der Waals surface area contributed by atoms with Gasteiger partial charge in [0.2, 0.25) is 0 Å². The Balaban J connectivity index is 2.07. The molecular formula is C13H20N2O. The van der Waals surface area contributed by atoms with Crippen molar-refractivity contribution in [2.45, 2.75) is 38.7 Å². The van der Waals surface area contributed by atoms with Crippen molar-refractivity contribution in [3.63, 3.8) is 0 Å². The van der Waals surface area contributed by atoms with Crippen LogP contribution in [0, 0.1) is 0 Å². The molecule has 16 heavy (non-hydrogen) atoms. The minimum Gasteiger partial charge on any atom is -0.392 e. The Bertz CT molecular complexity index is 319. The number of aliphatic hydroxyl groups is 1. The molecule has 1 saturated heterocycles. The summed E-state index contributed by atoms with van der Waals surface area (Å²) in [4.78, 5) is 6.74. The van der Waals surface area contributed by atoms with Crippen LogP contribution in [0.4, 0.5) is 5.82 Å². The zero-order chi connectivity index (χ0) is 11.2. The van der Waals surface area contributed by atoms with Crippen LogP contribution in [-0.4, -0.2) is 23.2 Å². The summed E-state index contributed by atoms with van der Waals surface area (Å²) in [5, 5.41) is 9.11. The molecule has 0 aromatic carbocycles. The average molecular weight is 220 g/mol. The maximum absolute atomic E-state index is 9.11. The van der Waals surface area contributed by atoms with Gasteiger partial charge >= 0.3 is 0 Å². The maximum Gasteiger partial charge on any atom is 0.128 e. The van der Waals surface area contributed by atoms with Crippen LogP contribution in [0.5, 0.6) is 0 Å². The highest BCUT2D eigenvalue weighted by Crippen LogP contribution is 2.17. The number of aliphatic hydroxyl groups excluding tert-OH is 1. The van der Waals surface area contributed by atoms with Crippen LogP contribution in [-0.2, 0) is 6.61 Å². The Morgan fingerprint density at radius 1 is 1.12 bits per heavy atom. The van der Waals surface area contributed by atoms with Crippen LogP contribution in [0.2, 0.25) is 0 Å². The van der Waals surface area contributed by atoms with Gasteiger partial charge in [0.1, 0.15) is 5.82 Å². The van der Waals surface area contributed by atoms with E-state index < -0.39 is 0 Å². The summed E-state index contributed by atoms with van der Waals surface area (Å²) in [7, 11) is 0. The lowest BCUT2D eigenvalue weighted by Crippen LogP contribution is -2.27. The highest BCUT2D eigenvalue weighted by Gasteiger charge is 2.10. The molecule has 1 aromatic heterocycles. The molecule has 3 nitrogen and oxygen atoms in total. The molecular weight excluding hydrogens is 200 g/mol. The van der Waals surface area contributed by atoms with Crippen molar-refractivity contribution in [2.75, 3.05) is 18.0 Å². The second-order valence-corrected chi connectivity index (χ2v) is 4.44. The predicted molar refractivity (Wildman–Crippen MR) is 65.5 cm³/mol. The molecule has 0 atom stereocenters. The fraction of sp³-hybridized carbons (Fsp3) is 0.615. The summed E-state index contributed by atoms with van der Waals surface area (Å²) in [6.45, 7) is 2.30. The lowest BCUT2D eigenvalue weighted by atomic mass is 10.1. The maximum atomic E-state index is 9.11. The number of nitrogens with zero attached hydrogens (tertiary/aromatic N) is 2. The fourth-order valence-electron chi connectivity index (χ4n) is 2.21. The van der Waals surface area contributed by atoms with Gasteiger partial charge in [0.25, 0.3) is 0 Å². The first kappa shape index (κ1) is 11.4. The fourth-order valence-corrected chi connectivity index (χ4v) is 2.21. The van der Waals surface area contributed by atoms with Crippen molar-refractivity contribution in [3.8, 4) is 0 Å². The van der Waals surface area contributed by atoms with E-state index in [4.69, 9.17) is 5.11 Å². The van der Waals surface area contributed by atoms with Gasteiger partial charge in [-0.1, -0.05) is 19.3 Å². The molecule has 0 radical (unpaired) electrons. The van der Waals surface area contributed by atoms with Gasteiger partial charge in [0.15, 0.2) is 0 Å². The minimum absolute atomic E-state index is 0.101. The highest BCUT2D eigenvalue weighted by molar-refractivity contribution is 5.40. The van der Waals surface area contributed by atoms with Gasteiger partial charge in [0.05, 0.1) is 6.61 Å². The number of anilines is 1. The first-order valence-corrected chi connectivity index (χ1v) is 6.21. The molecule has 1 aromatic rings. The summed E-state index contributed by atoms with van der Waals surface area (Å²) in [5.41, 5.74) is 0.951. The van der Waals surface area contributed by atoms with Gasteiger partial charge < -0.3 is 10.0 Å². The van der Waals surface area contributed by atoms with Crippen LogP contribution in [0.15, 0.2) is 18.3 Å². The zero-order valence-electron chi connectivity index (χ0n) is 9.73. The Hall–Kier alpha value is -1.09. The molecule has 0 amide bonds. The first-order valence-electron chi connectivity index (χ1n) is 6.21. The van der Waals surface area contributed by atoms with Crippen molar-refractivity contribution >= 4 is 5.82 Å². The van der Waals surface area contributed by atoms with E-state index in [0.29, 0.717) is 0 Å². The zero-order valence-corrected chi connectivity index (χ0v) is 9.73. The second kappa shape index (κ2) is 5.85. The minimum atomic E-state index is 0.101. The third-order valence-electron chi connectivity index (χ3n) is 3.17. The quantitative estimate of drug-likeness (QED) is 0.831. The molecule has 0 aliphatic carbocycles. The van der Waals surface area contributed by atoms with E-state index in [-0.39, 0.29) is 6.61 Å². The third-order valence-corrected chi connectivity index (χ3v) is 3.17. The normalized spacial score (nSPS) is 17.9. The van der Waals surface area contributed by atoms with E-state index in [2.05, 4.69) is 9.88 Å². The first-order chi connectivity index (χ1) is 7.90. The summed E-state index contributed by atoms with van der Waals surface area (Å²) in [6, 6.07) is 3.87. The molecule has 1 aliphatic rings. The Morgan fingerprint density at radius 3 is 2.50 bits per heavy atom. The monoisotopic (exact) mass is 220 g/mol. The van der Waals surface area contributed by atoms with Crippen LogP contribution in [0.25, 0.3) is 0 Å². The number of hydrogen-bond donors (Lipinski definition) is 1. The number of pyridine rings is 1. The SMILES string of the molecule is OCc1ccnc(N2CCCCCCC2)c1. The van der Waals surface area contributed by atoms with Gasteiger partial charge in [-0.2, -0.15) is 0 Å². The molecule has 0 saturated carbocycles. The van der Waals surface area contributed by atoms with Crippen LogP contribution in [0.3, 0.4) is 0 Å². The molecule has 2 heterocycles. The smallest absolute Gasteiger partial charge is 0.128 e. The lowest BCUT2D eigenvalue weighted by Gasteiger charge is -2.26. The van der Waals surface area contributed by atoms with E-state index in [1.165, 1.54) is 32.1 Å². The van der Waals surface area contributed by atoms with Crippen molar-refractivity contribution in [1.82, 2.24) is 4.98 Å². The number of aromatic nitrogens is 1. The molecule has 0 bridgehead atoms. The average Bonchev–Trinajstić information content (AvgIpc) is 2.29. The van der Waals surface area contributed by atoms with Crippen molar-refractivity contribution < 1.29 is 5.11 Å². The van der Waals surface area contributed by atoms with E-state index in [0.717, 1.165) is 24.5 Å². The lowest BCUT2D eigenvalue weighted by molar-refractivity contribution is 0.281. The summed E-state index contributed by atoms with van der Waals surface area (Å²) >= 11 is 0. The largest absolute Gasteiger partial charge is 0.392 e. The van der Waals surface area contributed by atoms with Gasteiger partial charge in [-0.25, -0.2) is 4.98 Å². The van der Waals surface area contributed by atoms with Crippen LogP contribution in [0.1, 0.15) is 37.7 Å². The summed E-state index contributed by atoms with van der Waals surface area (Å²) in [6.07, 6.45) is 8.33. The van der Waals surface area contributed by atoms with E-state index in [1.54, 1.807) is 6.20 Å². The van der Waals surface area contributed by atoms with Gasteiger partial charge in [-0.15, -0.1) is 0 Å². The van der Waals surface area contributed by atoms with Crippen molar-refractivity contribution in [2.24, 2.45) is 0 Å². The standard InChI is InChI=1S/C13H20N2O/c16-11-12-6-7-14-13(10-12)15-8-4-2-1-3-5-9-15/h6-7,10,16H,1-5,8-9,11H2. The number of hydrogen-bond acceptors (Lipinski definition) is 3. The molecule has 1 fully saturated rings. The molecule has 1 aliphatic heterocycles. The molecule has 0 spiro atoms.